The molecule has 118 valence electrons. The quantitative estimate of drug-likeness (QED) is 0.503. The Labute approximate surface area is 124 Å². The van der Waals surface area contributed by atoms with Gasteiger partial charge in [-0.25, -0.2) is 9.97 Å². The predicted molar refractivity (Wildman–Crippen MR) is 74.9 cm³/mol. The summed E-state index contributed by atoms with van der Waals surface area (Å²) in [6.07, 6.45) is 0.564. The number of imidazole rings is 1. The van der Waals surface area contributed by atoms with Crippen LogP contribution >= 0.6 is 0 Å². The molecule has 22 heavy (non-hydrogen) atoms. The molecule has 0 bridgehead atoms. The van der Waals surface area contributed by atoms with E-state index in [1.165, 1.54) is 23.3 Å². The van der Waals surface area contributed by atoms with Crippen molar-refractivity contribution in [2.45, 2.75) is 30.5 Å². The molecule has 2 aromatic rings. The van der Waals surface area contributed by atoms with Crippen molar-refractivity contribution in [3.05, 3.63) is 35.7 Å². The van der Waals surface area contributed by atoms with Crippen LogP contribution in [0.2, 0.25) is 0 Å². The van der Waals surface area contributed by atoms with Crippen molar-refractivity contribution in [1.29, 1.82) is 0 Å². The van der Waals surface area contributed by atoms with Gasteiger partial charge >= 0.3 is 0 Å². The SMILES string of the molecule is C=CC[C@@]1(n2cnc3c(=O)[nH]cnc32)O[C@H](CO)[C@@H](O)[C@H]1O. The first-order chi connectivity index (χ1) is 10.5. The Bertz CT molecular complexity index is 756. The second-order valence-corrected chi connectivity index (χ2v) is 5.13. The highest BCUT2D eigenvalue weighted by Crippen LogP contribution is 2.39. The van der Waals surface area contributed by atoms with Gasteiger partial charge in [-0.15, -0.1) is 6.58 Å². The molecule has 0 aromatic carbocycles. The maximum atomic E-state index is 11.8. The van der Waals surface area contributed by atoms with Crippen molar-refractivity contribution in [3.63, 3.8) is 0 Å². The molecule has 0 spiro atoms. The van der Waals surface area contributed by atoms with E-state index in [0.29, 0.717) is 0 Å². The van der Waals surface area contributed by atoms with E-state index in [1.807, 2.05) is 0 Å². The van der Waals surface area contributed by atoms with Crippen LogP contribution < -0.4 is 5.56 Å². The molecule has 0 saturated carbocycles. The normalized spacial score (nSPS) is 31.7. The van der Waals surface area contributed by atoms with E-state index < -0.39 is 36.2 Å². The molecule has 0 unspecified atom stereocenters. The third-order valence-corrected chi connectivity index (χ3v) is 3.89. The van der Waals surface area contributed by atoms with E-state index in [2.05, 4.69) is 21.5 Å². The van der Waals surface area contributed by atoms with E-state index in [-0.39, 0.29) is 17.6 Å². The molecule has 0 aliphatic carbocycles. The highest BCUT2D eigenvalue weighted by atomic mass is 16.6. The topological polar surface area (TPSA) is 133 Å². The van der Waals surface area contributed by atoms with Crippen LogP contribution in [0.25, 0.3) is 11.2 Å². The first-order valence-electron chi connectivity index (χ1n) is 6.72. The van der Waals surface area contributed by atoms with Crippen LogP contribution in [0.4, 0.5) is 0 Å². The van der Waals surface area contributed by atoms with E-state index in [1.54, 1.807) is 0 Å². The molecule has 1 saturated heterocycles. The van der Waals surface area contributed by atoms with Crippen molar-refractivity contribution in [2.24, 2.45) is 0 Å². The first-order valence-corrected chi connectivity index (χ1v) is 6.72. The van der Waals surface area contributed by atoms with Crippen molar-refractivity contribution in [3.8, 4) is 0 Å². The zero-order valence-corrected chi connectivity index (χ0v) is 11.6. The average molecular weight is 308 g/mol. The van der Waals surface area contributed by atoms with Crippen LogP contribution in [0, 0.1) is 0 Å². The number of ether oxygens (including phenoxy) is 1. The fourth-order valence-corrected chi connectivity index (χ4v) is 2.81. The molecule has 1 fully saturated rings. The average Bonchev–Trinajstić information content (AvgIpc) is 3.04. The third-order valence-electron chi connectivity index (χ3n) is 3.89. The molecule has 4 N–H and O–H groups in total. The molecule has 4 atom stereocenters. The summed E-state index contributed by atoms with van der Waals surface area (Å²) in [4.78, 5) is 22.2. The number of aliphatic hydroxyl groups is 3. The Hall–Kier alpha value is -2.07. The summed E-state index contributed by atoms with van der Waals surface area (Å²) < 4.78 is 7.10. The summed E-state index contributed by atoms with van der Waals surface area (Å²) in [6, 6.07) is 0. The molecule has 1 aliphatic heterocycles. The monoisotopic (exact) mass is 308 g/mol. The van der Waals surface area contributed by atoms with Gasteiger partial charge in [-0.3, -0.25) is 9.36 Å². The Morgan fingerprint density at radius 1 is 1.50 bits per heavy atom. The third kappa shape index (κ3) is 1.91. The van der Waals surface area contributed by atoms with Gasteiger partial charge in [-0.1, -0.05) is 6.08 Å². The van der Waals surface area contributed by atoms with Crippen LogP contribution in [-0.2, 0) is 10.5 Å². The Balaban J connectivity index is 2.21. The van der Waals surface area contributed by atoms with Gasteiger partial charge in [0.2, 0.25) is 0 Å². The molecular formula is C13H16N4O5. The number of H-pyrrole nitrogens is 1. The zero-order valence-electron chi connectivity index (χ0n) is 11.6. The second kappa shape index (κ2) is 5.29. The lowest BCUT2D eigenvalue weighted by Crippen LogP contribution is -2.45. The molecule has 2 aromatic heterocycles. The van der Waals surface area contributed by atoms with Gasteiger partial charge in [0.05, 0.1) is 19.3 Å². The molecule has 9 heteroatoms. The van der Waals surface area contributed by atoms with E-state index >= 15 is 0 Å². The number of nitrogens with one attached hydrogen (secondary N) is 1. The highest BCUT2D eigenvalue weighted by molar-refractivity contribution is 5.69. The fourth-order valence-electron chi connectivity index (χ4n) is 2.81. The van der Waals surface area contributed by atoms with E-state index in [9.17, 15) is 20.1 Å². The van der Waals surface area contributed by atoms with Gasteiger partial charge in [0.1, 0.15) is 18.3 Å². The van der Waals surface area contributed by atoms with Crippen molar-refractivity contribution in [2.75, 3.05) is 6.61 Å². The van der Waals surface area contributed by atoms with Gasteiger partial charge in [0, 0.05) is 6.42 Å². The number of aromatic amines is 1. The molecule has 3 heterocycles. The Morgan fingerprint density at radius 3 is 2.91 bits per heavy atom. The molecule has 0 radical (unpaired) electrons. The number of hydrogen-bond acceptors (Lipinski definition) is 7. The summed E-state index contributed by atoms with van der Waals surface area (Å²) in [5.41, 5.74) is -1.58. The van der Waals surface area contributed by atoms with Crippen LogP contribution in [0.5, 0.6) is 0 Å². The summed E-state index contributed by atoms with van der Waals surface area (Å²) in [5, 5.41) is 29.8. The van der Waals surface area contributed by atoms with Crippen molar-refractivity contribution in [1.82, 2.24) is 19.5 Å². The lowest BCUT2D eigenvalue weighted by atomic mass is 9.99. The van der Waals surface area contributed by atoms with E-state index in [0.717, 1.165) is 0 Å². The highest BCUT2D eigenvalue weighted by Gasteiger charge is 2.55. The molecular weight excluding hydrogens is 292 g/mol. The molecule has 9 nitrogen and oxygen atoms in total. The minimum Gasteiger partial charge on any atom is -0.394 e. The minimum atomic E-state index is -1.44. The van der Waals surface area contributed by atoms with Gasteiger partial charge in [0.15, 0.2) is 16.9 Å². The number of aliphatic hydroxyl groups excluding tert-OH is 3. The second-order valence-electron chi connectivity index (χ2n) is 5.13. The number of hydrogen-bond donors (Lipinski definition) is 4. The van der Waals surface area contributed by atoms with Crippen LogP contribution in [0.1, 0.15) is 6.42 Å². The van der Waals surface area contributed by atoms with Crippen LogP contribution in [0.3, 0.4) is 0 Å². The largest absolute Gasteiger partial charge is 0.394 e. The standard InChI is InChI=1S/C13H16N4O5/c1-2-3-13(10(20)9(19)7(4-18)22-13)17-6-16-8-11(17)14-5-15-12(8)21/h2,5-7,9-10,18-20H,1,3-4H2,(H,14,15,21)/t7-,9-,10-,13-/m1/s1. The maximum Gasteiger partial charge on any atom is 0.278 e. The summed E-state index contributed by atoms with van der Waals surface area (Å²) >= 11 is 0. The van der Waals surface area contributed by atoms with Crippen molar-refractivity contribution < 1.29 is 20.1 Å². The summed E-state index contributed by atoms with van der Waals surface area (Å²) in [6.45, 7) is 3.17. The molecule has 1 aliphatic rings. The van der Waals surface area contributed by atoms with Gasteiger partial charge in [0.25, 0.3) is 5.56 Å². The first kappa shape index (κ1) is 14.9. The van der Waals surface area contributed by atoms with Gasteiger partial charge in [-0.05, 0) is 0 Å². The Kier molecular flexibility index (Phi) is 3.57. The smallest absolute Gasteiger partial charge is 0.278 e. The van der Waals surface area contributed by atoms with E-state index in [4.69, 9.17) is 4.74 Å². The summed E-state index contributed by atoms with van der Waals surface area (Å²) in [7, 11) is 0. The van der Waals surface area contributed by atoms with Crippen LogP contribution in [0.15, 0.2) is 30.1 Å². The minimum absolute atomic E-state index is 0.0867. The van der Waals surface area contributed by atoms with Gasteiger partial charge in [-0.2, -0.15) is 0 Å². The number of rotatable bonds is 4. The van der Waals surface area contributed by atoms with Gasteiger partial charge < -0.3 is 25.0 Å². The lowest BCUT2D eigenvalue weighted by Gasteiger charge is -2.32. The summed E-state index contributed by atoms with van der Waals surface area (Å²) in [5.74, 6) is 0. The lowest BCUT2D eigenvalue weighted by molar-refractivity contribution is -0.143. The number of aromatic nitrogens is 4. The number of nitrogens with zero attached hydrogens (tertiary/aromatic N) is 3. The molecule has 0 amide bonds. The fraction of sp³-hybridized carbons (Fsp3) is 0.462. The predicted octanol–water partition coefficient (Wildman–Crippen LogP) is -1.54. The zero-order chi connectivity index (χ0) is 15.9. The molecule has 3 rings (SSSR count). The van der Waals surface area contributed by atoms with Crippen molar-refractivity contribution >= 4 is 11.2 Å². The Morgan fingerprint density at radius 2 is 2.27 bits per heavy atom. The van der Waals surface area contributed by atoms with Crippen LogP contribution in [-0.4, -0.2) is 59.8 Å². The number of fused-ring (bicyclic) bond motifs is 1. The maximum absolute atomic E-state index is 11.8.